The Hall–Kier alpha value is -7.05. The number of ether oxygens (including phenoxy) is 12. The summed E-state index contributed by atoms with van der Waals surface area (Å²) in [6, 6.07) is 10.6. The van der Waals surface area contributed by atoms with Crippen LogP contribution in [-0.4, -0.2) is 127 Å². The highest BCUT2D eigenvalue weighted by Gasteiger charge is 2.54. The number of thioether (sulfide) groups is 1. The van der Waals surface area contributed by atoms with E-state index in [9.17, 15) is 28.8 Å². The highest BCUT2D eigenvalue weighted by molar-refractivity contribution is 8.76. The number of carbonyl (C=O) groups is 5. The van der Waals surface area contributed by atoms with Gasteiger partial charge in [0.25, 0.3) is 0 Å². The number of carbonyl (C=O) groups excluding carboxylic acids is 5. The second-order valence-corrected chi connectivity index (χ2v) is 24.9. The highest BCUT2D eigenvalue weighted by Crippen LogP contribution is 2.57. The molecule has 4 aromatic carbocycles. The summed E-state index contributed by atoms with van der Waals surface area (Å²) in [5.41, 5.74) is 2.21. The molecular weight excluding hydrogens is 1120 g/mol. The van der Waals surface area contributed by atoms with Crippen LogP contribution in [0.4, 0.5) is 9.59 Å². The van der Waals surface area contributed by atoms with Crippen molar-refractivity contribution in [1.82, 2.24) is 16.0 Å². The minimum Gasteiger partial charge on any atom is -0.493 e. The summed E-state index contributed by atoms with van der Waals surface area (Å²) >= 11 is 1.29. The molecule has 442 valence electrons. The maximum absolute atomic E-state index is 14.8. The minimum absolute atomic E-state index is 0.0652. The van der Waals surface area contributed by atoms with Crippen molar-refractivity contribution in [3.63, 3.8) is 0 Å². The van der Waals surface area contributed by atoms with Crippen LogP contribution in [0, 0.1) is 11.8 Å². The lowest BCUT2D eigenvalue weighted by Gasteiger charge is -2.39. The first-order chi connectivity index (χ1) is 39.0. The zero-order valence-electron chi connectivity index (χ0n) is 48.0. The summed E-state index contributed by atoms with van der Waals surface area (Å²) in [6.45, 7) is 9.94. The van der Waals surface area contributed by atoms with Crippen LogP contribution in [0.2, 0.25) is 0 Å². The number of nitrogens with one attached hydrogen (secondary N) is 3. The van der Waals surface area contributed by atoms with E-state index in [1.807, 2.05) is 12.1 Å². The molecule has 82 heavy (non-hydrogen) atoms. The Balaban J connectivity index is 1.08. The molecule has 7 atom stereocenters. The van der Waals surface area contributed by atoms with Crippen LogP contribution in [0.15, 0.2) is 58.2 Å². The third kappa shape index (κ3) is 13.2. The number of amides is 3. The molecule has 0 saturated carbocycles. The molecule has 21 nitrogen and oxygen atoms in total. The molecule has 1 fully saturated rings. The predicted molar refractivity (Wildman–Crippen MR) is 307 cm³/mol. The number of aryl methyl sites for hydroxylation is 1. The summed E-state index contributed by atoms with van der Waals surface area (Å²) < 4.78 is 69.6. The molecule has 0 radical (unpaired) electrons. The Labute approximate surface area is 487 Å². The summed E-state index contributed by atoms with van der Waals surface area (Å²) in [4.78, 5) is 84.9. The number of benzene rings is 3. The van der Waals surface area contributed by atoms with Gasteiger partial charge in [-0.05, 0) is 131 Å². The van der Waals surface area contributed by atoms with Crippen LogP contribution in [0.3, 0.4) is 0 Å². The Morgan fingerprint density at radius 2 is 1.24 bits per heavy atom. The fourth-order valence-corrected chi connectivity index (χ4v) is 13.3. The fraction of sp³-hybridized carbons (Fsp3) is 0.483. The third-order valence-corrected chi connectivity index (χ3v) is 17.2. The SMILES string of the molecule is COc1cc([C@@H]2c3cc4c(cc3[C@H](OC(=O)[C@H](CSSC[C@H](NC(=O)OC(C)(C)C)C(=O)N[C@H]3CCc5cc(OC)c(OC)c(OC)c5-c5ccc(SC)c(=O)cc53)NC(=O)OC(C)(C)C)[C@H]3COC(=O)[C@H]23)OCO4)cc(OC)c1OC. The number of cyclic esters (lactones) is 1. The second-order valence-electron chi connectivity index (χ2n) is 21.5. The van der Waals surface area contributed by atoms with Gasteiger partial charge in [-0.1, -0.05) is 27.7 Å². The molecule has 4 aromatic rings. The number of hydrogen-bond donors (Lipinski definition) is 3. The lowest BCUT2D eigenvalue weighted by molar-refractivity contribution is -0.156. The van der Waals surface area contributed by atoms with Gasteiger partial charge < -0.3 is 72.8 Å². The normalized spacial score (nSPS) is 19.2. The number of fused-ring (bicyclic) bond motifs is 6. The van der Waals surface area contributed by atoms with Crippen LogP contribution in [-0.2, 0) is 39.8 Å². The maximum atomic E-state index is 14.8. The molecule has 8 rings (SSSR count). The molecule has 0 spiro atoms. The van der Waals surface area contributed by atoms with Crippen molar-refractivity contribution in [2.75, 3.05) is 73.8 Å². The number of rotatable bonds is 19. The van der Waals surface area contributed by atoms with Crippen LogP contribution >= 0.6 is 33.3 Å². The largest absolute Gasteiger partial charge is 0.493 e. The van der Waals surface area contributed by atoms with Crippen LogP contribution < -0.4 is 59.3 Å². The summed E-state index contributed by atoms with van der Waals surface area (Å²) in [5.74, 6) is -1.44. The third-order valence-electron chi connectivity index (χ3n) is 14.0. The van der Waals surface area contributed by atoms with Crippen molar-refractivity contribution < 1.29 is 80.8 Å². The lowest BCUT2D eigenvalue weighted by Crippen LogP contribution is -2.50. The van der Waals surface area contributed by atoms with E-state index in [0.29, 0.717) is 97.1 Å². The van der Waals surface area contributed by atoms with E-state index >= 15 is 0 Å². The van der Waals surface area contributed by atoms with E-state index in [4.69, 9.17) is 56.8 Å². The number of alkyl carbamates (subject to hydrolysis) is 2. The molecule has 2 aliphatic carbocycles. The summed E-state index contributed by atoms with van der Waals surface area (Å²) in [6.07, 6.45) is -0.335. The van der Waals surface area contributed by atoms with E-state index in [2.05, 4.69) is 16.0 Å². The quantitative estimate of drug-likeness (QED) is 0.0261. The zero-order valence-corrected chi connectivity index (χ0v) is 50.4. The first-order valence-corrected chi connectivity index (χ1v) is 30.0. The molecule has 0 aromatic heterocycles. The highest BCUT2D eigenvalue weighted by atomic mass is 33.1. The number of methoxy groups -OCH3 is 6. The van der Waals surface area contributed by atoms with E-state index in [1.165, 1.54) is 60.5 Å². The zero-order chi connectivity index (χ0) is 59.4. The van der Waals surface area contributed by atoms with Gasteiger partial charge in [-0.2, -0.15) is 0 Å². The van der Waals surface area contributed by atoms with Gasteiger partial charge in [0.1, 0.15) is 29.4 Å². The van der Waals surface area contributed by atoms with Gasteiger partial charge in [0.2, 0.25) is 24.2 Å². The van der Waals surface area contributed by atoms with Gasteiger partial charge in [-0.3, -0.25) is 14.4 Å². The van der Waals surface area contributed by atoms with E-state index in [-0.39, 0.29) is 30.3 Å². The molecular formula is C58H69N3O18S3. The number of esters is 2. The molecule has 4 aliphatic rings. The first-order valence-electron chi connectivity index (χ1n) is 26.2. The van der Waals surface area contributed by atoms with Crippen LogP contribution in [0.25, 0.3) is 11.1 Å². The Morgan fingerprint density at radius 3 is 1.82 bits per heavy atom. The smallest absolute Gasteiger partial charge is 0.408 e. The Morgan fingerprint density at radius 1 is 0.671 bits per heavy atom. The van der Waals surface area contributed by atoms with Gasteiger partial charge in [0, 0.05) is 34.5 Å². The van der Waals surface area contributed by atoms with Gasteiger partial charge in [-0.25, -0.2) is 14.4 Å². The average Bonchev–Trinajstić information content (AvgIpc) is 3.84. The first kappa shape index (κ1) is 61.0. The van der Waals surface area contributed by atoms with E-state index in [1.54, 1.807) is 78.1 Å². The van der Waals surface area contributed by atoms with E-state index < -0.39 is 83.2 Å². The van der Waals surface area contributed by atoms with Crippen molar-refractivity contribution in [2.45, 2.75) is 101 Å². The van der Waals surface area contributed by atoms with Gasteiger partial charge >= 0.3 is 24.1 Å². The van der Waals surface area contributed by atoms with Crippen molar-refractivity contribution in [3.8, 4) is 57.1 Å². The Kier molecular flexibility index (Phi) is 19.1. The van der Waals surface area contributed by atoms with Crippen LogP contribution in [0.5, 0.6) is 46.0 Å². The fourth-order valence-electron chi connectivity index (χ4n) is 10.5. The molecule has 0 bridgehead atoms. The lowest BCUT2D eigenvalue weighted by atomic mass is 9.66. The monoisotopic (exact) mass is 1190 g/mol. The minimum atomic E-state index is -1.37. The molecule has 0 unspecified atom stereocenters. The van der Waals surface area contributed by atoms with Crippen molar-refractivity contribution in [1.29, 1.82) is 0 Å². The summed E-state index contributed by atoms with van der Waals surface area (Å²) in [5, 5.41) is 8.54. The standard InChI is InChI=1S/C58H69N3O18S3/c1-57(2,3)78-55(66)60-36(52(63)59-35-16-14-28-18-43(70-9)50(72-11)51(73-12)46(28)30-15-17-44(80-13)38(62)21-31(30)35)25-81-82-26-37(61-56(67)79-58(4,5)6)53(64)77-48-33-23-40-39(75-27-76-40)22-32(33)45(47-34(48)24-74-54(47)65)29-19-41(68-7)49(71-10)42(20-29)69-8/h15,17-23,34-37,45,47-48H,14,16,24-27H2,1-13H3,(H,59,63)(H,60,66)(H,61,67)/t34-,35-,36-,37-,45+,47-,48-/m0/s1. The molecule has 2 heterocycles. The van der Waals surface area contributed by atoms with Crippen molar-refractivity contribution in [2.24, 2.45) is 11.8 Å². The molecule has 1 saturated heterocycles. The predicted octanol–water partition coefficient (Wildman–Crippen LogP) is 8.71. The van der Waals surface area contributed by atoms with E-state index in [0.717, 1.165) is 27.2 Å². The van der Waals surface area contributed by atoms with Crippen molar-refractivity contribution in [3.05, 3.63) is 86.6 Å². The van der Waals surface area contributed by atoms with Crippen LogP contribution in [0.1, 0.15) is 93.8 Å². The molecule has 2 aliphatic heterocycles. The van der Waals surface area contributed by atoms with Gasteiger partial charge in [-0.15, -0.1) is 11.8 Å². The average molecular weight is 1190 g/mol. The van der Waals surface area contributed by atoms with Gasteiger partial charge in [0.05, 0.1) is 66.1 Å². The molecule has 3 amide bonds. The summed E-state index contributed by atoms with van der Waals surface area (Å²) in [7, 11) is 11.3. The second kappa shape index (κ2) is 25.6. The Bertz CT molecular complexity index is 3140. The molecule has 3 N–H and O–H groups in total. The molecule has 24 heteroatoms. The van der Waals surface area contributed by atoms with Gasteiger partial charge in [0.15, 0.2) is 39.9 Å². The van der Waals surface area contributed by atoms with Crippen molar-refractivity contribution >= 4 is 63.4 Å². The number of hydrogen-bond acceptors (Lipinski definition) is 21. The maximum Gasteiger partial charge on any atom is 0.408 e. The topological polar surface area (TPSA) is 249 Å².